The number of aromatic nitrogens is 1. The minimum atomic E-state index is -4.48. The number of piperidine rings is 1. The second-order valence-electron chi connectivity index (χ2n) is 9.02. The number of rotatable bonds is 9. The minimum Gasteiger partial charge on any atom is -0.495 e. The average molecular weight is 519 g/mol. The third-order valence-corrected chi connectivity index (χ3v) is 6.32. The van der Waals surface area contributed by atoms with E-state index in [1.165, 1.54) is 13.2 Å². The summed E-state index contributed by atoms with van der Waals surface area (Å²) in [5, 5.41) is 6.99. The fourth-order valence-electron chi connectivity index (χ4n) is 4.39. The van der Waals surface area contributed by atoms with Crippen molar-refractivity contribution in [3.63, 3.8) is 0 Å². The number of fused-ring (bicyclic) bond motifs is 1. The smallest absolute Gasteiger partial charge is 0.406 e. The van der Waals surface area contributed by atoms with Gasteiger partial charge in [0, 0.05) is 23.5 Å². The van der Waals surface area contributed by atoms with Crippen LogP contribution in [0.2, 0.25) is 0 Å². The zero-order chi connectivity index (χ0) is 27.0. The molecule has 3 rings (SSSR count). The van der Waals surface area contributed by atoms with Crippen LogP contribution in [0.15, 0.2) is 54.5 Å². The lowest BCUT2D eigenvalue weighted by atomic mass is 10.0. The molecule has 1 aromatic carbocycles. The van der Waals surface area contributed by atoms with Gasteiger partial charge in [-0.15, -0.1) is 0 Å². The Bertz CT molecular complexity index is 1210. The van der Waals surface area contributed by atoms with Crippen LogP contribution < -0.4 is 10.6 Å². The lowest BCUT2D eigenvalue weighted by Crippen LogP contribution is -2.40. The number of hydrogen-bond donors (Lipinski definition) is 2. The molecule has 9 heteroatoms. The number of methoxy groups -OCH3 is 1. The van der Waals surface area contributed by atoms with Crippen molar-refractivity contribution in [3.8, 4) is 11.8 Å². The molecule has 1 saturated heterocycles. The van der Waals surface area contributed by atoms with Gasteiger partial charge in [0.05, 0.1) is 30.6 Å². The fraction of sp³-hybridized carbons (Fsp3) is 0.429. The van der Waals surface area contributed by atoms with Crippen LogP contribution in [0, 0.1) is 17.7 Å². The maximum atomic E-state index is 14.9. The van der Waals surface area contributed by atoms with Crippen LogP contribution in [-0.2, 0) is 17.8 Å². The van der Waals surface area contributed by atoms with Gasteiger partial charge in [0.25, 0.3) is 0 Å². The zero-order valence-electron chi connectivity index (χ0n) is 21.5. The molecule has 0 bridgehead atoms. The molecule has 0 amide bonds. The first-order valence-electron chi connectivity index (χ1n) is 12.2. The summed E-state index contributed by atoms with van der Waals surface area (Å²) >= 11 is 0. The Labute approximate surface area is 215 Å². The number of likely N-dealkylation sites (tertiary alicyclic amines) is 1. The van der Waals surface area contributed by atoms with Gasteiger partial charge in [-0.2, -0.15) is 13.2 Å². The number of halogens is 4. The lowest BCUT2D eigenvalue weighted by molar-refractivity contribution is -0.140. The van der Waals surface area contributed by atoms with Gasteiger partial charge in [-0.3, -0.25) is 0 Å². The van der Waals surface area contributed by atoms with Crippen LogP contribution in [0.25, 0.3) is 10.9 Å². The molecule has 200 valence electrons. The lowest BCUT2D eigenvalue weighted by Gasteiger charge is -2.29. The summed E-state index contributed by atoms with van der Waals surface area (Å²) in [6, 6.07) is 4.67. The van der Waals surface area contributed by atoms with E-state index in [0.717, 1.165) is 30.5 Å². The summed E-state index contributed by atoms with van der Waals surface area (Å²) in [5.74, 6) is 5.74. The SMILES string of the molecule is C=C/C=C(NCC#Cc1cc2cc(CNC3CCN(C)CC3)c(F)cc2n1CC(F)(F)F)\C(=C/C)OC. The Morgan fingerprint density at radius 3 is 2.59 bits per heavy atom. The highest BCUT2D eigenvalue weighted by molar-refractivity contribution is 5.83. The highest BCUT2D eigenvalue weighted by Gasteiger charge is 2.30. The van der Waals surface area contributed by atoms with E-state index in [1.54, 1.807) is 30.4 Å². The van der Waals surface area contributed by atoms with Crippen LogP contribution in [0.1, 0.15) is 31.0 Å². The van der Waals surface area contributed by atoms with Crippen molar-refractivity contribution < 1.29 is 22.3 Å². The van der Waals surface area contributed by atoms with Crippen LogP contribution in [0.5, 0.6) is 0 Å². The average Bonchev–Trinajstić information content (AvgIpc) is 3.16. The first kappa shape index (κ1) is 28.4. The van der Waals surface area contributed by atoms with Crippen molar-refractivity contribution >= 4 is 10.9 Å². The van der Waals surface area contributed by atoms with E-state index in [4.69, 9.17) is 4.74 Å². The molecular weight excluding hydrogens is 484 g/mol. The summed E-state index contributed by atoms with van der Waals surface area (Å²) in [7, 11) is 3.60. The predicted molar refractivity (Wildman–Crippen MR) is 139 cm³/mol. The molecule has 0 atom stereocenters. The second-order valence-corrected chi connectivity index (χ2v) is 9.02. The van der Waals surface area contributed by atoms with E-state index >= 15 is 0 Å². The van der Waals surface area contributed by atoms with Gasteiger partial charge in [0.15, 0.2) is 0 Å². The molecule has 5 nitrogen and oxygen atoms in total. The van der Waals surface area contributed by atoms with Gasteiger partial charge >= 0.3 is 6.18 Å². The number of nitrogens with one attached hydrogen (secondary N) is 2. The van der Waals surface area contributed by atoms with E-state index in [0.29, 0.717) is 29.0 Å². The topological polar surface area (TPSA) is 41.5 Å². The van der Waals surface area contributed by atoms with Crippen molar-refractivity contribution in [1.82, 2.24) is 20.1 Å². The first-order chi connectivity index (χ1) is 17.6. The summed E-state index contributed by atoms with van der Waals surface area (Å²) in [5.41, 5.74) is 1.41. The van der Waals surface area contributed by atoms with Crippen LogP contribution in [0.3, 0.4) is 0 Å². The van der Waals surface area contributed by atoms with Crippen LogP contribution in [0.4, 0.5) is 17.6 Å². The van der Waals surface area contributed by atoms with Gasteiger partial charge in [-0.05, 0) is 76.2 Å². The largest absolute Gasteiger partial charge is 0.495 e. The highest BCUT2D eigenvalue weighted by Crippen LogP contribution is 2.28. The van der Waals surface area contributed by atoms with Gasteiger partial charge in [-0.1, -0.05) is 18.6 Å². The molecule has 1 aliphatic heterocycles. The number of nitrogens with zero attached hydrogens (tertiary/aromatic N) is 2. The molecule has 0 spiro atoms. The molecule has 0 saturated carbocycles. The predicted octanol–water partition coefficient (Wildman–Crippen LogP) is 5.09. The number of alkyl halides is 3. The Hall–Kier alpha value is -3.22. The number of hydrogen-bond acceptors (Lipinski definition) is 4. The molecule has 2 N–H and O–H groups in total. The maximum absolute atomic E-state index is 14.9. The molecule has 0 radical (unpaired) electrons. The van der Waals surface area contributed by atoms with Gasteiger partial charge < -0.3 is 24.8 Å². The molecule has 1 aliphatic rings. The summed E-state index contributed by atoms with van der Waals surface area (Å²) in [6.45, 7) is 6.66. The minimum absolute atomic E-state index is 0.161. The van der Waals surface area contributed by atoms with Crippen LogP contribution in [-0.4, -0.2) is 55.5 Å². The van der Waals surface area contributed by atoms with E-state index in [-0.39, 0.29) is 23.8 Å². The van der Waals surface area contributed by atoms with Crippen molar-refractivity contribution in [3.05, 3.63) is 71.5 Å². The normalized spacial score (nSPS) is 16.0. The Morgan fingerprint density at radius 2 is 1.97 bits per heavy atom. The summed E-state index contributed by atoms with van der Waals surface area (Å²) in [6.07, 6.45) is 2.53. The van der Waals surface area contributed by atoms with Crippen molar-refractivity contribution in [2.45, 2.75) is 45.1 Å². The van der Waals surface area contributed by atoms with Gasteiger partial charge in [0.2, 0.25) is 0 Å². The van der Waals surface area contributed by atoms with E-state index in [1.807, 2.05) is 6.92 Å². The van der Waals surface area contributed by atoms with Gasteiger partial charge in [0.1, 0.15) is 18.1 Å². The standard InChI is InChI=1S/C28H34F4N4O/c1-5-8-25(27(6-2)37-4)33-12-7-9-23-16-20-15-21(18-34-22-10-13-35(3)14-11-22)24(29)17-26(20)36(23)19-28(30,31)32/h5-6,8,15-17,22,33-34H,1,10-14,18-19H2,2-4H3/b25-8+,27-6+. The Kier molecular flexibility index (Phi) is 9.84. The zero-order valence-corrected chi connectivity index (χ0v) is 21.5. The number of allylic oxidation sites excluding steroid dienone is 3. The number of benzene rings is 1. The van der Waals surface area contributed by atoms with Crippen molar-refractivity contribution in [2.24, 2.45) is 0 Å². The summed E-state index contributed by atoms with van der Waals surface area (Å²) < 4.78 is 61.4. The molecule has 1 aromatic heterocycles. The second kappa shape index (κ2) is 12.8. The highest BCUT2D eigenvalue weighted by atomic mass is 19.4. The molecule has 2 heterocycles. The molecular formula is C28H34F4N4O. The molecule has 0 aliphatic carbocycles. The number of ether oxygens (including phenoxy) is 1. The summed E-state index contributed by atoms with van der Waals surface area (Å²) in [4.78, 5) is 2.25. The van der Waals surface area contributed by atoms with E-state index in [9.17, 15) is 17.6 Å². The third kappa shape index (κ3) is 7.88. The maximum Gasteiger partial charge on any atom is 0.406 e. The molecule has 1 fully saturated rings. The molecule has 2 aromatic rings. The van der Waals surface area contributed by atoms with Crippen LogP contribution >= 0.6 is 0 Å². The quantitative estimate of drug-likeness (QED) is 0.210. The fourth-order valence-corrected chi connectivity index (χ4v) is 4.39. The monoisotopic (exact) mass is 518 g/mol. The first-order valence-corrected chi connectivity index (χ1v) is 12.2. The van der Waals surface area contributed by atoms with Gasteiger partial charge in [-0.25, -0.2) is 4.39 Å². The van der Waals surface area contributed by atoms with E-state index in [2.05, 4.69) is 41.0 Å². The Balaban J connectivity index is 1.84. The van der Waals surface area contributed by atoms with Crippen molar-refractivity contribution in [1.29, 1.82) is 0 Å². The molecule has 0 unspecified atom stereocenters. The third-order valence-electron chi connectivity index (χ3n) is 6.32. The van der Waals surface area contributed by atoms with Crippen molar-refractivity contribution in [2.75, 3.05) is 33.8 Å². The molecule has 37 heavy (non-hydrogen) atoms. The Morgan fingerprint density at radius 1 is 1.24 bits per heavy atom. The van der Waals surface area contributed by atoms with E-state index < -0.39 is 18.5 Å².